The van der Waals surface area contributed by atoms with Crippen molar-refractivity contribution in [3.8, 4) is 11.5 Å². The summed E-state index contributed by atoms with van der Waals surface area (Å²) >= 11 is 0. The predicted molar refractivity (Wildman–Crippen MR) is 188 cm³/mol. The normalized spacial score (nSPS) is 21.6. The molecule has 0 unspecified atom stereocenters. The van der Waals surface area contributed by atoms with Crippen LogP contribution in [0.4, 0.5) is 5.82 Å². The number of hydrogen-bond acceptors (Lipinski definition) is 10. The molecule has 1 aromatic heterocycles. The predicted octanol–water partition coefficient (Wildman–Crippen LogP) is 4.40. The molecule has 262 valence electrons. The van der Waals surface area contributed by atoms with Gasteiger partial charge in [-0.15, -0.1) is 0 Å². The Bertz CT molecular complexity index is 1980. The summed E-state index contributed by atoms with van der Waals surface area (Å²) in [5, 5.41) is 16.1. The van der Waals surface area contributed by atoms with E-state index in [0.717, 1.165) is 16.7 Å². The van der Waals surface area contributed by atoms with Crippen LogP contribution in [0.25, 0.3) is 0 Å². The lowest BCUT2D eigenvalue weighted by Crippen LogP contribution is -2.60. The highest BCUT2D eigenvalue weighted by Crippen LogP contribution is 2.47. The molecule has 1 amide bonds. The number of amides is 1. The number of carbonyl (C=O) groups excluding carboxylic acids is 1. The van der Waals surface area contributed by atoms with Crippen LogP contribution in [0.1, 0.15) is 33.3 Å². The Hall–Kier alpha value is -5.37. The molecule has 2 bridgehead atoms. The summed E-state index contributed by atoms with van der Waals surface area (Å²) in [7, 11) is 4.90. The average molecular weight is 691 g/mol. The van der Waals surface area contributed by atoms with Gasteiger partial charge < -0.3 is 29.4 Å². The Morgan fingerprint density at radius 1 is 0.882 bits per heavy atom. The number of carbonyl (C=O) groups is 1. The van der Waals surface area contributed by atoms with Crippen molar-refractivity contribution in [2.24, 2.45) is 0 Å². The number of aliphatic hydroxyl groups is 1. The number of anilines is 1. The number of likely N-dealkylation sites (N-methyl/N-ethyl adjacent to an activating group) is 1. The molecule has 0 spiro atoms. The first-order valence-corrected chi connectivity index (χ1v) is 16.4. The van der Waals surface area contributed by atoms with Crippen LogP contribution in [0.2, 0.25) is 0 Å². The maximum atomic E-state index is 13.5. The minimum atomic E-state index is -1.39. The summed E-state index contributed by atoms with van der Waals surface area (Å²) in [6.45, 7) is -0.184. The summed E-state index contributed by atoms with van der Waals surface area (Å²) in [6.07, 6.45) is -0.645. The Morgan fingerprint density at radius 2 is 1.45 bits per heavy atom. The Kier molecular flexibility index (Phi) is 9.42. The lowest BCUT2D eigenvalue weighted by molar-refractivity contribution is -0.262. The maximum absolute atomic E-state index is 13.5. The van der Waals surface area contributed by atoms with Crippen molar-refractivity contribution in [3.05, 3.63) is 154 Å². The Labute approximate surface area is 294 Å². The minimum absolute atomic E-state index is 0.0544. The molecule has 4 aromatic carbocycles. The zero-order valence-corrected chi connectivity index (χ0v) is 28.3. The Balaban J connectivity index is 1.24. The van der Waals surface area contributed by atoms with Crippen LogP contribution in [0.3, 0.4) is 0 Å². The van der Waals surface area contributed by atoms with Gasteiger partial charge in [-0.2, -0.15) is 10.0 Å². The molecule has 2 saturated heterocycles. The van der Waals surface area contributed by atoms with Crippen molar-refractivity contribution < 1.29 is 33.7 Å². The first-order chi connectivity index (χ1) is 24.8. The molecule has 7 rings (SSSR count). The smallest absolute Gasteiger partial charge is 0.351 e. The number of methoxy groups -OCH3 is 2. The van der Waals surface area contributed by atoms with Crippen LogP contribution in [-0.2, 0) is 19.9 Å². The third-order valence-corrected chi connectivity index (χ3v) is 9.53. The number of ether oxygens (including phenoxy) is 4. The lowest BCUT2D eigenvalue weighted by Gasteiger charge is -2.43. The van der Waals surface area contributed by atoms with Crippen LogP contribution >= 0.6 is 0 Å². The summed E-state index contributed by atoms with van der Waals surface area (Å²) in [5.74, 6) is 1.05. The van der Waals surface area contributed by atoms with Gasteiger partial charge in [0.05, 0.1) is 20.8 Å². The molecule has 12 heteroatoms. The van der Waals surface area contributed by atoms with E-state index in [1.807, 2.05) is 78.9 Å². The fourth-order valence-corrected chi connectivity index (χ4v) is 6.78. The molecule has 51 heavy (non-hydrogen) atoms. The zero-order chi connectivity index (χ0) is 35.6. The Morgan fingerprint density at radius 3 is 2.02 bits per heavy atom. The lowest BCUT2D eigenvalue weighted by atomic mass is 9.79. The zero-order valence-electron chi connectivity index (χ0n) is 28.3. The SMILES string of the molecule is COc1ccc(C(OC[C@@]23CON(C)[C@@H]([C@H](n4ccc(NC(=O)c5ccccc5)nc4=O)O2)[C@@H]3O)(c2ccccc2)c2ccc(OC)cc2)cc1. The number of nitrogens with one attached hydrogen (secondary N) is 1. The quantitative estimate of drug-likeness (QED) is 0.192. The van der Waals surface area contributed by atoms with Gasteiger partial charge in [0.15, 0.2) is 6.23 Å². The van der Waals surface area contributed by atoms with Gasteiger partial charge in [-0.25, -0.2) is 4.79 Å². The second-order valence-corrected chi connectivity index (χ2v) is 12.4. The molecule has 0 radical (unpaired) electrons. The van der Waals surface area contributed by atoms with Gasteiger partial charge >= 0.3 is 5.69 Å². The number of aliphatic hydroxyl groups excluding tert-OH is 1. The number of hydroxylamine groups is 2. The standard InChI is InChI=1S/C39H38N4O8/c1-42-33-34(44)38(25-50-42,51-36(33)43-23-22-32(41-37(43)46)40-35(45)26-10-6-4-7-11-26)24-49-39(27-12-8-5-9-13-27,28-14-18-30(47-2)19-15-28)29-16-20-31(48-3)21-17-29/h4-23,33-34,36,44H,24-25H2,1-3H3,(H,40,41,45,46)/t33-,34+,36-,38+/m1/s1. The molecular weight excluding hydrogens is 652 g/mol. The highest BCUT2D eigenvalue weighted by atomic mass is 16.7. The minimum Gasteiger partial charge on any atom is -0.497 e. The second kappa shape index (κ2) is 14.1. The maximum Gasteiger partial charge on any atom is 0.351 e. The summed E-state index contributed by atoms with van der Waals surface area (Å²) < 4.78 is 26.0. The monoisotopic (exact) mass is 690 g/mol. The highest BCUT2D eigenvalue weighted by molar-refractivity contribution is 6.03. The first kappa shape index (κ1) is 34.1. The number of nitrogens with zero attached hydrogens (tertiary/aromatic N) is 3. The van der Waals surface area contributed by atoms with E-state index in [9.17, 15) is 14.7 Å². The van der Waals surface area contributed by atoms with Crippen molar-refractivity contribution in [2.45, 2.75) is 29.6 Å². The molecule has 0 aliphatic carbocycles. The van der Waals surface area contributed by atoms with Crippen LogP contribution in [-0.4, -0.2) is 77.9 Å². The number of benzene rings is 4. The van der Waals surface area contributed by atoms with Crippen molar-refractivity contribution in [2.75, 3.05) is 39.8 Å². The van der Waals surface area contributed by atoms with Gasteiger partial charge in [0.2, 0.25) is 0 Å². The van der Waals surface area contributed by atoms with Crippen LogP contribution in [0.5, 0.6) is 11.5 Å². The van der Waals surface area contributed by atoms with E-state index in [1.54, 1.807) is 51.6 Å². The number of fused-ring (bicyclic) bond motifs is 2. The van der Waals surface area contributed by atoms with E-state index in [1.165, 1.54) is 21.9 Å². The number of hydrogen-bond donors (Lipinski definition) is 2. The van der Waals surface area contributed by atoms with Gasteiger partial charge in [-0.1, -0.05) is 72.8 Å². The molecule has 0 saturated carbocycles. The van der Waals surface area contributed by atoms with Gasteiger partial charge in [-0.3, -0.25) is 14.2 Å². The van der Waals surface area contributed by atoms with E-state index < -0.39 is 41.2 Å². The summed E-state index contributed by atoms with van der Waals surface area (Å²) in [6, 6.07) is 34.4. The van der Waals surface area contributed by atoms with Crippen LogP contribution in [0.15, 0.2) is 126 Å². The fraction of sp³-hybridized carbons (Fsp3) is 0.256. The average Bonchev–Trinajstić information content (AvgIpc) is 3.36. The largest absolute Gasteiger partial charge is 0.497 e. The van der Waals surface area contributed by atoms with E-state index in [2.05, 4.69) is 10.3 Å². The van der Waals surface area contributed by atoms with E-state index >= 15 is 0 Å². The van der Waals surface area contributed by atoms with Crippen molar-refractivity contribution in [1.29, 1.82) is 0 Å². The third kappa shape index (κ3) is 6.28. The van der Waals surface area contributed by atoms with Crippen LogP contribution < -0.4 is 20.5 Å². The van der Waals surface area contributed by atoms with E-state index in [0.29, 0.717) is 17.1 Å². The molecule has 12 nitrogen and oxygen atoms in total. The van der Waals surface area contributed by atoms with Crippen molar-refractivity contribution >= 4 is 11.7 Å². The molecule has 2 aliphatic heterocycles. The molecule has 2 N–H and O–H groups in total. The summed E-state index contributed by atoms with van der Waals surface area (Å²) in [5.41, 5.74) is -0.384. The van der Waals surface area contributed by atoms with Crippen molar-refractivity contribution in [3.63, 3.8) is 0 Å². The molecular formula is C39H38N4O8. The topological polar surface area (TPSA) is 134 Å². The summed E-state index contributed by atoms with van der Waals surface area (Å²) in [4.78, 5) is 36.3. The van der Waals surface area contributed by atoms with E-state index in [4.69, 9.17) is 23.8 Å². The fourth-order valence-electron chi connectivity index (χ4n) is 6.78. The highest BCUT2D eigenvalue weighted by Gasteiger charge is 2.62. The number of aromatic nitrogens is 2. The second-order valence-electron chi connectivity index (χ2n) is 12.4. The van der Waals surface area contributed by atoms with Gasteiger partial charge in [0.1, 0.15) is 47.3 Å². The molecule has 3 heterocycles. The number of rotatable bonds is 11. The molecule has 2 aliphatic rings. The molecule has 2 fully saturated rings. The van der Waals surface area contributed by atoms with Crippen LogP contribution in [0, 0.1) is 0 Å². The third-order valence-electron chi connectivity index (χ3n) is 9.53. The van der Waals surface area contributed by atoms with Crippen molar-refractivity contribution in [1.82, 2.24) is 14.6 Å². The van der Waals surface area contributed by atoms with Gasteiger partial charge in [0.25, 0.3) is 5.91 Å². The van der Waals surface area contributed by atoms with E-state index in [-0.39, 0.29) is 19.0 Å². The molecule has 4 atom stereocenters. The first-order valence-electron chi connectivity index (χ1n) is 16.4. The van der Waals surface area contributed by atoms with Gasteiger partial charge in [-0.05, 0) is 59.2 Å². The van der Waals surface area contributed by atoms with Gasteiger partial charge in [0, 0.05) is 18.8 Å². The molecule has 5 aromatic rings.